The van der Waals surface area contributed by atoms with Gasteiger partial charge in [0.25, 0.3) is 5.24 Å². The minimum atomic E-state index is -4.62. The molecule has 0 aliphatic heterocycles. The van der Waals surface area contributed by atoms with Crippen molar-refractivity contribution in [2.75, 3.05) is 6.61 Å². The molecule has 0 N–H and O–H groups in total. The SMILES string of the molecule is O=C(Cl)c1ccc(OCC(F)(F)F)c([N+](=O)[O-])c1. The van der Waals surface area contributed by atoms with Crippen LogP contribution in [0.4, 0.5) is 18.9 Å². The fraction of sp³-hybridized carbons (Fsp3) is 0.222. The Balaban J connectivity index is 3.05. The number of nitro benzene ring substituents is 1. The monoisotopic (exact) mass is 283 g/mol. The van der Waals surface area contributed by atoms with Crippen LogP contribution in [0.25, 0.3) is 0 Å². The Morgan fingerprint density at radius 3 is 2.50 bits per heavy atom. The fourth-order valence-electron chi connectivity index (χ4n) is 1.06. The van der Waals surface area contributed by atoms with Crippen LogP contribution in [0.2, 0.25) is 0 Å². The molecule has 5 nitrogen and oxygen atoms in total. The second kappa shape index (κ2) is 5.21. The molecule has 0 heterocycles. The molecule has 18 heavy (non-hydrogen) atoms. The van der Waals surface area contributed by atoms with Gasteiger partial charge in [0, 0.05) is 11.6 Å². The molecular weight excluding hydrogens is 279 g/mol. The van der Waals surface area contributed by atoms with Crippen LogP contribution < -0.4 is 4.74 Å². The lowest BCUT2D eigenvalue weighted by molar-refractivity contribution is -0.386. The predicted molar refractivity (Wildman–Crippen MR) is 54.8 cm³/mol. The number of alkyl halides is 3. The molecule has 0 amide bonds. The van der Waals surface area contributed by atoms with Crippen LogP contribution in [0.15, 0.2) is 18.2 Å². The van der Waals surface area contributed by atoms with Crippen molar-refractivity contribution in [2.24, 2.45) is 0 Å². The molecule has 0 unspecified atom stereocenters. The maximum absolute atomic E-state index is 11.9. The first-order valence-electron chi connectivity index (χ1n) is 4.38. The average Bonchev–Trinajstić information content (AvgIpc) is 2.24. The molecule has 0 atom stereocenters. The first-order chi connectivity index (χ1) is 8.20. The number of halogens is 4. The maximum atomic E-state index is 11.9. The van der Waals surface area contributed by atoms with Crippen LogP contribution in [0, 0.1) is 10.1 Å². The summed E-state index contributed by atoms with van der Waals surface area (Å²) in [5.74, 6) is -0.584. The first-order valence-corrected chi connectivity index (χ1v) is 4.76. The third-order valence-electron chi connectivity index (χ3n) is 1.77. The topological polar surface area (TPSA) is 69.4 Å². The van der Waals surface area contributed by atoms with Gasteiger partial charge in [-0.05, 0) is 23.7 Å². The van der Waals surface area contributed by atoms with E-state index in [2.05, 4.69) is 4.74 Å². The van der Waals surface area contributed by atoms with Crippen molar-refractivity contribution in [3.05, 3.63) is 33.9 Å². The van der Waals surface area contributed by atoms with E-state index < -0.39 is 34.4 Å². The number of ether oxygens (including phenoxy) is 1. The van der Waals surface area contributed by atoms with E-state index in [4.69, 9.17) is 11.6 Å². The van der Waals surface area contributed by atoms with Crippen LogP contribution >= 0.6 is 11.6 Å². The van der Waals surface area contributed by atoms with Gasteiger partial charge in [0.2, 0.25) is 0 Å². The summed E-state index contributed by atoms with van der Waals surface area (Å²) in [6.07, 6.45) is -4.62. The van der Waals surface area contributed by atoms with Gasteiger partial charge in [-0.25, -0.2) is 0 Å². The largest absolute Gasteiger partial charge is 0.477 e. The van der Waals surface area contributed by atoms with E-state index in [0.29, 0.717) is 0 Å². The van der Waals surface area contributed by atoms with Gasteiger partial charge in [-0.2, -0.15) is 13.2 Å². The van der Waals surface area contributed by atoms with Crippen LogP contribution in [-0.2, 0) is 0 Å². The third kappa shape index (κ3) is 3.88. The molecule has 0 spiro atoms. The highest BCUT2D eigenvalue weighted by Crippen LogP contribution is 2.30. The number of hydrogen-bond acceptors (Lipinski definition) is 4. The Morgan fingerprint density at radius 1 is 1.44 bits per heavy atom. The zero-order valence-corrected chi connectivity index (χ0v) is 9.29. The zero-order chi connectivity index (χ0) is 13.9. The summed E-state index contributed by atoms with van der Waals surface area (Å²) in [5.41, 5.74) is -0.964. The van der Waals surface area contributed by atoms with Gasteiger partial charge in [0.1, 0.15) is 0 Å². The molecule has 1 aromatic carbocycles. The summed E-state index contributed by atoms with van der Waals surface area (Å²) in [6.45, 7) is -1.66. The number of benzene rings is 1. The first kappa shape index (κ1) is 14.2. The van der Waals surface area contributed by atoms with Crippen molar-refractivity contribution in [3.63, 3.8) is 0 Å². The third-order valence-corrected chi connectivity index (χ3v) is 1.99. The Morgan fingerprint density at radius 2 is 2.06 bits per heavy atom. The lowest BCUT2D eigenvalue weighted by atomic mass is 10.2. The molecule has 0 bridgehead atoms. The molecule has 98 valence electrons. The number of nitrogens with zero attached hydrogens (tertiary/aromatic N) is 1. The molecular formula is C9H5ClF3NO4. The van der Waals surface area contributed by atoms with E-state index in [1.807, 2.05) is 0 Å². The Bertz CT molecular complexity index is 489. The van der Waals surface area contributed by atoms with Gasteiger partial charge in [-0.3, -0.25) is 14.9 Å². The van der Waals surface area contributed by atoms with Crippen LogP contribution in [-0.4, -0.2) is 22.9 Å². The number of carbonyl (C=O) groups is 1. The van der Waals surface area contributed by atoms with Crippen LogP contribution in [0.5, 0.6) is 5.75 Å². The van der Waals surface area contributed by atoms with Crippen molar-refractivity contribution in [1.82, 2.24) is 0 Å². The van der Waals surface area contributed by atoms with Crippen LogP contribution in [0.3, 0.4) is 0 Å². The highest BCUT2D eigenvalue weighted by molar-refractivity contribution is 6.67. The van der Waals surface area contributed by atoms with E-state index in [0.717, 1.165) is 18.2 Å². The fourth-order valence-corrected chi connectivity index (χ4v) is 1.18. The van der Waals surface area contributed by atoms with Gasteiger partial charge in [0.15, 0.2) is 12.4 Å². The van der Waals surface area contributed by atoms with Crippen molar-refractivity contribution in [3.8, 4) is 5.75 Å². The van der Waals surface area contributed by atoms with E-state index in [1.54, 1.807) is 0 Å². The Kier molecular flexibility index (Phi) is 4.12. The van der Waals surface area contributed by atoms with E-state index in [1.165, 1.54) is 0 Å². The summed E-state index contributed by atoms with van der Waals surface area (Å²) in [5, 5.41) is 9.65. The maximum Gasteiger partial charge on any atom is 0.422 e. The number of nitro groups is 1. The molecule has 0 aromatic heterocycles. The van der Waals surface area contributed by atoms with Crippen molar-refractivity contribution in [2.45, 2.75) is 6.18 Å². The quantitative estimate of drug-likeness (QED) is 0.484. The van der Waals surface area contributed by atoms with E-state index >= 15 is 0 Å². The lowest BCUT2D eigenvalue weighted by Gasteiger charge is -2.09. The second-order valence-corrected chi connectivity index (χ2v) is 3.46. The molecule has 0 fully saturated rings. The zero-order valence-electron chi connectivity index (χ0n) is 8.53. The highest BCUT2D eigenvalue weighted by Gasteiger charge is 2.30. The summed E-state index contributed by atoms with van der Waals surface area (Å²) in [7, 11) is 0. The number of hydrogen-bond donors (Lipinski definition) is 0. The Hall–Kier alpha value is -1.83. The molecule has 0 saturated carbocycles. The summed E-state index contributed by atoms with van der Waals surface area (Å²) in [6, 6.07) is 2.68. The molecule has 0 aliphatic rings. The average molecular weight is 284 g/mol. The second-order valence-electron chi connectivity index (χ2n) is 3.12. The summed E-state index contributed by atoms with van der Waals surface area (Å²) in [4.78, 5) is 20.4. The molecule has 1 rings (SSSR count). The normalized spacial score (nSPS) is 11.1. The van der Waals surface area contributed by atoms with Gasteiger partial charge in [0.05, 0.1) is 4.92 Å². The van der Waals surface area contributed by atoms with Gasteiger partial charge < -0.3 is 4.74 Å². The van der Waals surface area contributed by atoms with E-state index in [-0.39, 0.29) is 5.56 Å². The Labute approximate surface area is 103 Å². The summed E-state index contributed by atoms with van der Waals surface area (Å²) >= 11 is 5.10. The van der Waals surface area contributed by atoms with E-state index in [9.17, 15) is 28.1 Å². The molecule has 0 saturated heterocycles. The van der Waals surface area contributed by atoms with Gasteiger partial charge in [-0.15, -0.1) is 0 Å². The minimum Gasteiger partial charge on any atom is -0.477 e. The number of rotatable bonds is 4. The van der Waals surface area contributed by atoms with Crippen molar-refractivity contribution in [1.29, 1.82) is 0 Å². The molecule has 1 aromatic rings. The molecule has 0 radical (unpaired) electrons. The smallest absolute Gasteiger partial charge is 0.422 e. The molecule has 9 heteroatoms. The lowest BCUT2D eigenvalue weighted by Crippen LogP contribution is -2.19. The predicted octanol–water partition coefficient (Wildman–Crippen LogP) is 2.91. The minimum absolute atomic E-state index is 0.206. The van der Waals surface area contributed by atoms with Crippen LogP contribution in [0.1, 0.15) is 10.4 Å². The number of carbonyl (C=O) groups excluding carboxylic acids is 1. The van der Waals surface area contributed by atoms with Crippen molar-refractivity contribution >= 4 is 22.5 Å². The summed E-state index contributed by atoms with van der Waals surface area (Å²) < 4.78 is 40.0. The van der Waals surface area contributed by atoms with Gasteiger partial charge >= 0.3 is 11.9 Å². The highest BCUT2D eigenvalue weighted by atomic mass is 35.5. The van der Waals surface area contributed by atoms with Gasteiger partial charge in [-0.1, -0.05) is 0 Å². The molecule has 0 aliphatic carbocycles. The van der Waals surface area contributed by atoms with Crippen molar-refractivity contribution < 1.29 is 27.6 Å². The standard InChI is InChI=1S/C9H5ClF3NO4/c10-8(15)5-1-2-7(6(3-5)14(16)17)18-4-9(11,12)13/h1-3H,4H2.